The van der Waals surface area contributed by atoms with E-state index in [0.29, 0.717) is 22.9 Å². The molecule has 38 heavy (non-hydrogen) atoms. The summed E-state index contributed by atoms with van der Waals surface area (Å²) in [6.45, 7) is 1.70. The van der Waals surface area contributed by atoms with Crippen molar-refractivity contribution < 1.29 is 22.7 Å². The van der Waals surface area contributed by atoms with Gasteiger partial charge in [-0.15, -0.1) is 0 Å². The van der Waals surface area contributed by atoms with Crippen LogP contribution in [0.2, 0.25) is 5.02 Å². The molecule has 0 aromatic heterocycles. The molecule has 1 atom stereocenters. The fourth-order valence-corrected chi connectivity index (χ4v) is 5.17. The minimum Gasteiger partial charge on any atom is -0.495 e. The fourth-order valence-electron chi connectivity index (χ4n) is 4.11. The van der Waals surface area contributed by atoms with Crippen molar-refractivity contribution in [3.63, 3.8) is 0 Å². The predicted molar refractivity (Wildman–Crippen MR) is 150 cm³/mol. The summed E-state index contributed by atoms with van der Waals surface area (Å²) in [4.78, 5) is 28.7. The highest BCUT2D eigenvalue weighted by atomic mass is 35.5. The Bertz CT molecular complexity index is 1350. The standard InChI is InChI=1S/C28H32ClN3O5S/c1-4-30-28(34)25(18-21-11-6-5-7-12-21)31(19-22-13-10-14-23(29)17-22)27(33)20-32(38(3,35)36)24-15-8-9-16-26(24)37-2/h5-17,25H,4,18-20H2,1-3H3,(H,30,34)/t25-/m1/s1. The molecule has 0 bridgehead atoms. The Kier molecular flexibility index (Phi) is 10.2. The van der Waals surface area contributed by atoms with Gasteiger partial charge in [0.05, 0.1) is 19.1 Å². The molecule has 202 valence electrons. The molecule has 2 amide bonds. The van der Waals surface area contributed by atoms with E-state index in [9.17, 15) is 18.0 Å². The van der Waals surface area contributed by atoms with E-state index in [0.717, 1.165) is 16.1 Å². The van der Waals surface area contributed by atoms with E-state index in [1.807, 2.05) is 30.3 Å². The van der Waals surface area contributed by atoms with Gasteiger partial charge >= 0.3 is 0 Å². The van der Waals surface area contributed by atoms with Crippen LogP contribution < -0.4 is 14.4 Å². The Morgan fingerprint density at radius 1 is 0.974 bits per heavy atom. The molecule has 0 radical (unpaired) electrons. The van der Waals surface area contributed by atoms with E-state index in [1.165, 1.54) is 12.0 Å². The summed E-state index contributed by atoms with van der Waals surface area (Å²) in [5.74, 6) is -0.583. The average molecular weight is 558 g/mol. The van der Waals surface area contributed by atoms with E-state index < -0.39 is 28.5 Å². The number of nitrogens with one attached hydrogen (secondary N) is 1. The number of para-hydroxylation sites is 2. The summed E-state index contributed by atoms with van der Waals surface area (Å²) >= 11 is 6.20. The zero-order chi connectivity index (χ0) is 27.7. The lowest BCUT2D eigenvalue weighted by Crippen LogP contribution is -2.53. The number of ether oxygens (including phenoxy) is 1. The monoisotopic (exact) mass is 557 g/mol. The molecule has 0 heterocycles. The fraction of sp³-hybridized carbons (Fsp3) is 0.286. The SMILES string of the molecule is CCNC(=O)[C@@H](Cc1ccccc1)N(Cc1cccc(Cl)c1)C(=O)CN(c1ccccc1OC)S(C)(=O)=O. The smallest absolute Gasteiger partial charge is 0.244 e. The van der Waals surface area contributed by atoms with Crippen LogP contribution in [0.3, 0.4) is 0 Å². The number of hydrogen-bond donors (Lipinski definition) is 1. The lowest BCUT2D eigenvalue weighted by atomic mass is 10.0. The van der Waals surface area contributed by atoms with Crippen molar-refractivity contribution in [3.05, 3.63) is 95.0 Å². The number of nitrogens with zero attached hydrogens (tertiary/aromatic N) is 2. The molecular formula is C28H32ClN3O5S. The first-order chi connectivity index (χ1) is 18.1. The van der Waals surface area contributed by atoms with E-state index in [4.69, 9.17) is 16.3 Å². The van der Waals surface area contributed by atoms with Crippen molar-refractivity contribution in [2.45, 2.75) is 25.9 Å². The Balaban J connectivity index is 2.06. The van der Waals surface area contributed by atoms with Crippen LogP contribution in [0.25, 0.3) is 0 Å². The maximum atomic E-state index is 14.0. The number of carbonyl (C=O) groups excluding carboxylic acids is 2. The summed E-state index contributed by atoms with van der Waals surface area (Å²) < 4.78 is 32.1. The van der Waals surface area contributed by atoms with E-state index >= 15 is 0 Å². The van der Waals surface area contributed by atoms with Gasteiger partial charge in [0.25, 0.3) is 0 Å². The Morgan fingerprint density at radius 2 is 1.63 bits per heavy atom. The van der Waals surface area contributed by atoms with Crippen LogP contribution in [0, 0.1) is 0 Å². The summed E-state index contributed by atoms with van der Waals surface area (Å²) in [7, 11) is -2.46. The van der Waals surface area contributed by atoms with Crippen molar-refractivity contribution in [2.24, 2.45) is 0 Å². The average Bonchev–Trinajstić information content (AvgIpc) is 2.89. The summed E-state index contributed by atoms with van der Waals surface area (Å²) in [6, 6.07) is 22.0. The van der Waals surface area contributed by atoms with Gasteiger partial charge in [0, 0.05) is 24.5 Å². The molecule has 0 aliphatic carbocycles. The number of amides is 2. The molecule has 0 aliphatic rings. The van der Waals surface area contributed by atoms with Crippen molar-refractivity contribution in [2.75, 3.05) is 30.8 Å². The molecule has 0 saturated carbocycles. The van der Waals surface area contributed by atoms with Crippen molar-refractivity contribution in [1.29, 1.82) is 0 Å². The molecule has 10 heteroatoms. The van der Waals surface area contributed by atoms with Gasteiger partial charge in [-0.1, -0.05) is 66.2 Å². The molecule has 0 fully saturated rings. The first-order valence-corrected chi connectivity index (χ1v) is 14.3. The van der Waals surface area contributed by atoms with Crippen LogP contribution in [0.4, 0.5) is 5.69 Å². The maximum absolute atomic E-state index is 14.0. The number of halogens is 1. The molecule has 0 unspecified atom stereocenters. The Morgan fingerprint density at radius 3 is 2.26 bits per heavy atom. The molecule has 0 saturated heterocycles. The van der Waals surface area contributed by atoms with Crippen LogP contribution in [0.5, 0.6) is 5.75 Å². The summed E-state index contributed by atoms with van der Waals surface area (Å²) in [5.41, 5.74) is 1.79. The largest absolute Gasteiger partial charge is 0.495 e. The van der Waals surface area contributed by atoms with E-state index in [2.05, 4.69) is 5.32 Å². The molecule has 0 aliphatic heterocycles. The first kappa shape index (κ1) is 29.0. The van der Waals surface area contributed by atoms with Gasteiger partial charge in [0.2, 0.25) is 21.8 Å². The van der Waals surface area contributed by atoms with Gasteiger partial charge in [0.1, 0.15) is 18.3 Å². The number of likely N-dealkylation sites (N-methyl/N-ethyl adjacent to an activating group) is 1. The molecule has 8 nitrogen and oxygen atoms in total. The van der Waals surface area contributed by atoms with Gasteiger partial charge < -0.3 is 15.0 Å². The Hall–Kier alpha value is -3.56. The topological polar surface area (TPSA) is 96.0 Å². The van der Waals surface area contributed by atoms with Crippen LogP contribution in [-0.2, 0) is 32.6 Å². The van der Waals surface area contributed by atoms with E-state index in [1.54, 1.807) is 55.5 Å². The van der Waals surface area contributed by atoms with Crippen LogP contribution >= 0.6 is 11.6 Å². The molecular weight excluding hydrogens is 526 g/mol. The second kappa shape index (κ2) is 13.3. The number of anilines is 1. The molecule has 3 rings (SSSR count). The molecule has 3 aromatic rings. The van der Waals surface area contributed by atoms with Gasteiger partial charge in [0.15, 0.2) is 0 Å². The zero-order valence-electron chi connectivity index (χ0n) is 21.6. The molecule has 1 N–H and O–H groups in total. The predicted octanol–water partition coefficient (Wildman–Crippen LogP) is 3.89. The highest BCUT2D eigenvalue weighted by molar-refractivity contribution is 7.92. The Labute approximate surface area is 229 Å². The molecule has 0 spiro atoms. The maximum Gasteiger partial charge on any atom is 0.244 e. The third kappa shape index (κ3) is 7.72. The second-order valence-electron chi connectivity index (χ2n) is 8.69. The quantitative estimate of drug-likeness (QED) is 0.364. The first-order valence-electron chi connectivity index (χ1n) is 12.1. The minimum absolute atomic E-state index is 0.0531. The highest BCUT2D eigenvalue weighted by Gasteiger charge is 2.33. The third-order valence-electron chi connectivity index (χ3n) is 5.90. The zero-order valence-corrected chi connectivity index (χ0v) is 23.2. The van der Waals surface area contributed by atoms with Gasteiger partial charge in [-0.05, 0) is 42.3 Å². The highest BCUT2D eigenvalue weighted by Crippen LogP contribution is 2.30. The minimum atomic E-state index is -3.89. The lowest BCUT2D eigenvalue weighted by molar-refractivity contribution is -0.140. The van der Waals surface area contributed by atoms with Crippen molar-refractivity contribution in [3.8, 4) is 5.75 Å². The lowest BCUT2D eigenvalue weighted by Gasteiger charge is -2.33. The van der Waals surface area contributed by atoms with Crippen molar-refractivity contribution in [1.82, 2.24) is 10.2 Å². The van der Waals surface area contributed by atoms with Gasteiger partial charge in [-0.3, -0.25) is 13.9 Å². The third-order valence-corrected chi connectivity index (χ3v) is 7.26. The molecule has 3 aromatic carbocycles. The number of carbonyl (C=O) groups is 2. The van der Waals surface area contributed by atoms with E-state index in [-0.39, 0.29) is 24.6 Å². The number of methoxy groups -OCH3 is 1. The normalized spacial score (nSPS) is 11.9. The second-order valence-corrected chi connectivity index (χ2v) is 11.0. The van der Waals surface area contributed by atoms with Crippen LogP contribution in [-0.4, -0.2) is 57.6 Å². The number of hydrogen-bond acceptors (Lipinski definition) is 5. The van der Waals surface area contributed by atoms with Crippen LogP contribution in [0.1, 0.15) is 18.1 Å². The number of sulfonamides is 1. The van der Waals surface area contributed by atoms with Crippen molar-refractivity contribution >= 4 is 39.1 Å². The summed E-state index contributed by atoms with van der Waals surface area (Å²) in [6.07, 6.45) is 1.27. The number of benzene rings is 3. The van der Waals surface area contributed by atoms with Gasteiger partial charge in [-0.25, -0.2) is 8.42 Å². The number of rotatable bonds is 12. The summed E-state index contributed by atoms with van der Waals surface area (Å²) in [5, 5.41) is 3.31. The van der Waals surface area contributed by atoms with Gasteiger partial charge in [-0.2, -0.15) is 0 Å². The van der Waals surface area contributed by atoms with Crippen LogP contribution in [0.15, 0.2) is 78.9 Å².